The van der Waals surface area contributed by atoms with Gasteiger partial charge in [0.05, 0.1) is 17.8 Å². The number of likely N-dealkylation sites (N-methyl/N-ethyl adjacent to an activating group) is 1. The van der Waals surface area contributed by atoms with Crippen molar-refractivity contribution >= 4 is 21.5 Å². The molecule has 0 atom stereocenters. The molecule has 0 bridgehead atoms. The highest BCUT2D eigenvalue weighted by Crippen LogP contribution is 2.22. The maximum absolute atomic E-state index is 12.5. The molecule has 0 unspecified atom stereocenters. The Labute approximate surface area is 104 Å². The molecule has 2 heterocycles. The van der Waals surface area contributed by atoms with Crippen LogP contribution in [-0.4, -0.2) is 18.2 Å². The molecule has 0 aliphatic carbocycles. The Morgan fingerprint density at radius 2 is 1.83 bits per heavy atom. The van der Waals surface area contributed by atoms with E-state index in [0.717, 1.165) is 34.7 Å². The Morgan fingerprint density at radius 3 is 2.61 bits per heavy atom. The molecule has 2 aromatic carbocycles. The standard InChI is InChI=1S/C15H13N2O/c1-16-8-9-17-14(16)11-6-2-4-10-5-3-7-12(13(10)11)15(17)18/h2-7H,8-9H2,1H3/q+1. The smallest absolute Gasteiger partial charge is 0.260 e. The lowest BCUT2D eigenvalue weighted by molar-refractivity contribution is 0.684. The number of benzene rings is 2. The number of hydrogen-bond acceptors (Lipinski definition) is 1. The van der Waals surface area contributed by atoms with Crippen LogP contribution in [-0.2, 0) is 6.54 Å². The first-order valence-corrected chi connectivity index (χ1v) is 6.19. The molecule has 0 saturated heterocycles. The van der Waals surface area contributed by atoms with Gasteiger partial charge >= 0.3 is 5.56 Å². The van der Waals surface area contributed by atoms with E-state index in [9.17, 15) is 4.79 Å². The predicted molar refractivity (Wildman–Crippen MR) is 73.0 cm³/mol. The van der Waals surface area contributed by atoms with E-state index in [-0.39, 0.29) is 5.56 Å². The summed E-state index contributed by atoms with van der Waals surface area (Å²) in [6.45, 7) is 1.70. The molecule has 3 nitrogen and oxygen atoms in total. The minimum atomic E-state index is 0.138. The van der Waals surface area contributed by atoms with Crippen LogP contribution in [0.25, 0.3) is 21.5 Å². The van der Waals surface area contributed by atoms with Gasteiger partial charge in [-0.25, -0.2) is 4.79 Å². The molecule has 0 saturated carbocycles. The van der Waals surface area contributed by atoms with Crippen molar-refractivity contribution in [3.8, 4) is 0 Å². The highest BCUT2D eigenvalue weighted by atomic mass is 16.1. The zero-order chi connectivity index (χ0) is 12.3. The second-order valence-corrected chi connectivity index (χ2v) is 4.91. The van der Waals surface area contributed by atoms with Gasteiger partial charge in [0.15, 0.2) is 0 Å². The third-order valence-corrected chi connectivity index (χ3v) is 3.90. The topological polar surface area (TPSA) is 25.0 Å². The van der Waals surface area contributed by atoms with Crippen molar-refractivity contribution in [3.63, 3.8) is 0 Å². The third-order valence-electron chi connectivity index (χ3n) is 3.90. The summed E-state index contributed by atoms with van der Waals surface area (Å²) in [5.41, 5.74) is 1.20. The van der Waals surface area contributed by atoms with E-state index >= 15 is 0 Å². The van der Waals surface area contributed by atoms with E-state index in [1.165, 1.54) is 5.39 Å². The van der Waals surface area contributed by atoms with Gasteiger partial charge in [-0.3, -0.25) is 4.58 Å². The SMILES string of the molecule is C[N+]1=c2c3cccc4cccc(c(=O)n2CC1)c43. The Kier molecular flexibility index (Phi) is 1.74. The van der Waals surface area contributed by atoms with Gasteiger partial charge in [-0.05, 0) is 17.5 Å². The van der Waals surface area contributed by atoms with E-state index in [1.54, 1.807) is 0 Å². The fraction of sp³-hybridized carbons (Fsp3) is 0.200. The molecule has 0 spiro atoms. The van der Waals surface area contributed by atoms with Crippen molar-refractivity contribution < 1.29 is 0 Å². The Bertz CT molecular complexity index is 900. The van der Waals surface area contributed by atoms with Crippen LogP contribution in [0.15, 0.2) is 41.2 Å². The maximum atomic E-state index is 12.5. The first-order chi connectivity index (χ1) is 8.77. The Hall–Kier alpha value is -2.16. The molecule has 1 aliphatic heterocycles. The van der Waals surface area contributed by atoms with Gasteiger partial charge < -0.3 is 0 Å². The molecule has 0 amide bonds. The fourth-order valence-corrected chi connectivity index (χ4v) is 3.07. The number of pyridine rings is 1. The fourth-order valence-electron chi connectivity index (χ4n) is 3.07. The highest BCUT2D eigenvalue weighted by Gasteiger charge is 2.23. The van der Waals surface area contributed by atoms with Crippen LogP contribution in [0.4, 0.5) is 0 Å². The second kappa shape index (κ2) is 3.19. The molecule has 4 rings (SSSR count). The number of rotatable bonds is 0. The lowest BCUT2D eigenvalue weighted by Crippen LogP contribution is -2.34. The summed E-state index contributed by atoms with van der Waals surface area (Å²) in [5, 5.41) is 4.26. The van der Waals surface area contributed by atoms with Crippen molar-refractivity contribution in [2.75, 3.05) is 13.6 Å². The van der Waals surface area contributed by atoms with Crippen molar-refractivity contribution in [2.24, 2.45) is 0 Å². The van der Waals surface area contributed by atoms with Gasteiger partial charge in [0, 0.05) is 5.39 Å². The van der Waals surface area contributed by atoms with E-state index in [2.05, 4.69) is 35.9 Å². The largest absolute Gasteiger partial charge is 0.342 e. The lowest BCUT2D eigenvalue weighted by Gasteiger charge is -2.03. The van der Waals surface area contributed by atoms with Crippen molar-refractivity contribution in [1.29, 1.82) is 0 Å². The Balaban J connectivity index is 2.50. The lowest BCUT2D eigenvalue weighted by atomic mass is 10.0. The van der Waals surface area contributed by atoms with Crippen LogP contribution < -0.4 is 15.6 Å². The number of aromatic nitrogens is 1. The quantitative estimate of drug-likeness (QED) is 0.536. The average molecular weight is 237 g/mol. The predicted octanol–water partition coefficient (Wildman–Crippen LogP) is 1.01. The van der Waals surface area contributed by atoms with Gasteiger partial charge in [-0.1, -0.05) is 24.3 Å². The van der Waals surface area contributed by atoms with Gasteiger partial charge in [-0.2, -0.15) is 4.57 Å². The van der Waals surface area contributed by atoms with Crippen LogP contribution in [0.1, 0.15) is 0 Å². The number of hydrogen-bond donors (Lipinski definition) is 0. The van der Waals surface area contributed by atoms with Gasteiger partial charge in [-0.15, -0.1) is 0 Å². The number of fused-ring (bicyclic) bond motifs is 2. The third kappa shape index (κ3) is 1.04. The molecular formula is C15H13N2O+. The van der Waals surface area contributed by atoms with Crippen LogP contribution in [0.2, 0.25) is 0 Å². The molecule has 88 valence electrons. The zero-order valence-electron chi connectivity index (χ0n) is 10.2. The molecule has 3 aromatic rings. The average Bonchev–Trinajstić information content (AvgIpc) is 2.78. The highest BCUT2D eigenvalue weighted by molar-refractivity contribution is 6.09. The van der Waals surface area contributed by atoms with E-state index < -0.39 is 0 Å². The van der Waals surface area contributed by atoms with E-state index in [4.69, 9.17) is 0 Å². The van der Waals surface area contributed by atoms with Gasteiger partial charge in [0.1, 0.15) is 13.1 Å². The summed E-state index contributed by atoms with van der Waals surface area (Å²) in [4.78, 5) is 12.5. The minimum Gasteiger partial charge on any atom is -0.260 e. The summed E-state index contributed by atoms with van der Waals surface area (Å²) >= 11 is 0. The summed E-state index contributed by atoms with van der Waals surface area (Å²) in [6.07, 6.45) is 0. The molecule has 0 N–H and O–H groups in total. The summed E-state index contributed by atoms with van der Waals surface area (Å²) < 4.78 is 4.07. The monoisotopic (exact) mass is 237 g/mol. The van der Waals surface area contributed by atoms with Crippen LogP contribution in [0.3, 0.4) is 0 Å². The normalized spacial score (nSPS) is 14.6. The van der Waals surface area contributed by atoms with Gasteiger partial charge in [0.25, 0.3) is 5.49 Å². The van der Waals surface area contributed by atoms with Crippen molar-refractivity contribution in [1.82, 2.24) is 9.14 Å². The molecule has 18 heavy (non-hydrogen) atoms. The molecule has 0 radical (unpaired) electrons. The maximum Gasteiger partial charge on any atom is 0.342 e. The van der Waals surface area contributed by atoms with E-state index in [1.807, 2.05) is 16.7 Å². The summed E-state index contributed by atoms with van der Waals surface area (Å²) in [7, 11) is 2.05. The number of nitrogens with zero attached hydrogens (tertiary/aromatic N) is 2. The molecule has 0 fully saturated rings. The van der Waals surface area contributed by atoms with Crippen LogP contribution in [0, 0.1) is 0 Å². The molecule has 1 aliphatic rings. The summed E-state index contributed by atoms with van der Waals surface area (Å²) in [5.74, 6) is 0. The summed E-state index contributed by atoms with van der Waals surface area (Å²) in [6, 6.07) is 12.2. The second-order valence-electron chi connectivity index (χ2n) is 4.91. The zero-order valence-corrected chi connectivity index (χ0v) is 10.2. The van der Waals surface area contributed by atoms with Crippen molar-refractivity contribution in [2.45, 2.75) is 6.54 Å². The minimum absolute atomic E-state index is 0.138. The van der Waals surface area contributed by atoms with Crippen molar-refractivity contribution in [3.05, 3.63) is 52.2 Å². The molecule has 1 aromatic heterocycles. The van der Waals surface area contributed by atoms with E-state index in [0.29, 0.717) is 0 Å². The first-order valence-electron chi connectivity index (χ1n) is 6.19. The van der Waals surface area contributed by atoms with Gasteiger partial charge in [0.2, 0.25) is 0 Å². The molecular weight excluding hydrogens is 224 g/mol. The first kappa shape index (κ1) is 9.83. The molecule has 3 heteroatoms. The van der Waals surface area contributed by atoms with Crippen LogP contribution in [0.5, 0.6) is 0 Å². The Morgan fingerprint density at radius 1 is 1.11 bits per heavy atom. The van der Waals surface area contributed by atoms with Crippen LogP contribution >= 0.6 is 0 Å².